The zero-order valence-corrected chi connectivity index (χ0v) is 12.4. The van der Waals surface area contributed by atoms with Crippen molar-refractivity contribution in [1.82, 2.24) is 0 Å². The molecule has 0 fully saturated rings. The van der Waals surface area contributed by atoms with Gasteiger partial charge in [0, 0.05) is 16.7 Å². The Labute approximate surface area is 128 Å². The van der Waals surface area contributed by atoms with E-state index in [1.165, 1.54) is 7.11 Å². The molecule has 3 rings (SSSR count). The fourth-order valence-corrected chi connectivity index (χ4v) is 2.52. The molecule has 0 aromatic heterocycles. The number of carbonyl (C=O) groups excluding carboxylic acids is 2. The molecule has 0 amide bonds. The van der Waals surface area contributed by atoms with Crippen molar-refractivity contribution in [3.05, 3.63) is 70.8 Å². The van der Waals surface area contributed by atoms with Gasteiger partial charge in [0.1, 0.15) is 0 Å². The van der Waals surface area contributed by atoms with Crippen LogP contribution in [0.25, 0.3) is 0 Å². The Morgan fingerprint density at radius 1 is 1.05 bits per heavy atom. The Morgan fingerprint density at radius 3 is 2.32 bits per heavy atom. The van der Waals surface area contributed by atoms with Crippen LogP contribution >= 0.6 is 0 Å². The van der Waals surface area contributed by atoms with Gasteiger partial charge in [-0.05, 0) is 6.92 Å². The molecule has 0 aliphatic carbocycles. The lowest BCUT2D eigenvalue weighted by Gasteiger charge is -2.21. The number of nitrogens with zero attached hydrogens (tertiary/aromatic N) is 1. The number of hydrogen-bond donors (Lipinski definition) is 0. The molecule has 0 spiro atoms. The number of esters is 1. The quantitative estimate of drug-likeness (QED) is 0.631. The van der Waals surface area contributed by atoms with Crippen LogP contribution in [0.4, 0.5) is 0 Å². The summed E-state index contributed by atoms with van der Waals surface area (Å²) in [5.41, 5.74) is 3.90. The maximum Gasteiger partial charge on any atom is 0.338 e. The average molecular weight is 293 g/mol. The number of carbonyl (C=O) groups is 2. The van der Waals surface area contributed by atoms with Crippen LogP contribution in [-0.2, 0) is 9.53 Å². The number of aliphatic imine (C=N–C) groups is 1. The summed E-state index contributed by atoms with van der Waals surface area (Å²) in [6, 6.07) is 13.9. The zero-order chi connectivity index (χ0) is 15.7. The first-order valence-electron chi connectivity index (χ1n) is 6.98. The van der Waals surface area contributed by atoms with Crippen molar-refractivity contribution in [1.29, 1.82) is 0 Å². The highest BCUT2D eigenvalue weighted by molar-refractivity contribution is 6.26. The number of Topliss-reactive ketones (excluding diaryl/α,β-unsaturated/α-hetero) is 1. The molecule has 110 valence electrons. The van der Waals surface area contributed by atoms with E-state index >= 15 is 0 Å². The van der Waals surface area contributed by atoms with Crippen molar-refractivity contribution in [2.75, 3.05) is 7.11 Å². The maximum atomic E-state index is 12.4. The molecular weight excluding hydrogens is 278 g/mol. The Hall–Kier alpha value is -2.75. The molecule has 22 heavy (non-hydrogen) atoms. The summed E-state index contributed by atoms with van der Waals surface area (Å²) in [4.78, 5) is 28.7. The molecule has 0 saturated carbocycles. The van der Waals surface area contributed by atoms with Crippen molar-refractivity contribution in [2.24, 2.45) is 4.99 Å². The van der Waals surface area contributed by atoms with E-state index < -0.39 is 12.0 Å². The third-order valence-corrected chi connectivity index (χ3v) is 3.70. The van der Waals surface area contributed by atoms with Crippen LogP contribution in [0.15, 0.2) is 53.5 Å². The molecule has 1 unspecified atom stereocenters. The second-order valence-corrected chi connectivity index (χ2v) is 5.18. The van der Waals surface area contributed by atoms with E-state index in [2.05, 4.69) is 4.99 Å². The van der Waals surface area contributed by atoms with Crippen LogP contribution < -0.4 is 0 Å². The zero-order valence-electron chi connectivity index (χ0n) is 12.4. The standard InChI is InChI=1S/C18H15NO3/c1-11-7-9-12(10-8-11)15-13-5-3-4-6-14(13)17(20)16(19-15)18(21)22-2/h3-10,16H,1-2H3. The van der Waals surface area contributed by atoms with E-state index in [4.69, 9.17) is 4.74 Å². The molecule has 1 aliphatic heterocycles. The minimum absolute atomic E-state index is 0.321. The second-order valence-electron chi connectivity index (χ2n) is 5.18. The van der Waals surface area contributed by atoms with Crippen LogP contribution in [0.2, 0.25) is 0 Å². The van der Waals surface area contributed by atoms with E-state index in [9.17, 15) is 9.59 Å². The summed E-state index contributed by atoms with van der Waals surface area (Å²) in [7, 11) is 1.26. The van der Waals surface area contributed by atoms with Gasteiger partial charge in [-0.3, -0.25) is 9.79 Å². The molecule has 4 heteroatoms. The van der Waals surface area contributed by atoms with Gasteiger partial charge in [0.25, 0.3) is 0 Å². The Balaban J connectivity index is 2.18. The monoisotopic (exact) mass is 293 g/mol. The summed E-state index contributed by atoms with van der Waals surface area (Å²) in [6.45, 7) is 2.00. The molecule has 0 N–H and O–H groups in total. The fourth-order valence-electron chi connectivity index (χ4n) is 2.52. The number of rotatable bonds is 2. The number of aryl methyl sites for hydroxylation is 1. The largest absolute Gasteiger partial charge is 0.467 e. The normalized spacial score (nSPS) is 16.7. The summed E-state index contributed by atoms with van der Waals surface area (Å²) in [5.74, 6) is -0.956. The molecule has 0 saturated heterocycles. The molecule has 1 heterocycles. The molecule has 2 aromatic carbocycles. The van der Waals surface area contributed by atoms with Gasteiger partial charge in [-0.2, -0.15) is 0 Å². The predicted octanol–water partition coefficient (Wildman–Crippen LogP) is 2.57. The first-order valence-corrected chi connectivity index (χ1v) is 6.98. The van der Waals surface area contributed by atoms with Crippen molar-refractivity contribution < 1.29 is 14.3 Å². The number of methoxy groups -OCH3 is 1. The van der Waals surface area contributed by atoms with E-state index in [-0.39, 0.29) is 5.78 Å². The number of benzene rings is 2. The Bertz CT molecular complexity index is 775. The highest BCUT2D eigenvalue weighted by Gasteiger charge is 2.34. The summed E-state index contributed by atoms with van der Waals surface area (Å²) >= 11 is 0. The van der Waals surface area contributed by atoms with E-state index in [0.717, 1.165) is 16.7 Å². The van der Waals surface area contributed by atoms with Gasteiger partial charge in [0.05, 0.1) is 12.8 Å². The lowest BCUT2D eigenvalue weighted by atomic mass is 9.89. The van der Waals surface area contributed by atoms with Gasteiger partial charge in [-0.15, -0.1) is 0 Å². The van der Waals surface area contributed by atoms with Gasteiger partial charge in [-0.25, -0.2) is 4.79 Å². The van der Waals surface area contributed by atoms with E-state index in [1.54, 1.807) is 12.1 Å². The smallest absolute Gasteiger partial charge is 0.338 e. The molecule has 1 aliphatic rings. The Morgan fingerprint density at radius 2 is 1.68 bits per heavy atom. The highest BCUT2D eigenvalue weighted by Crippen LogP contribution is 2.24. The van der Waals surface area contributed by atoms with Gasteiger partial charge in [0.15, 0.2) is 5.78 Å². The van der Waals surface area contributed by atoms with Crippen LogP contribution in [0.3, 0.4) is 0 Å². The molecule has 2 aromatic rings. The summed E-state index contributed by atoms with van der Waals surface area (Å²) < 4.78 is 4.71. The van der Waals surface area contributed by atoms with Gasteiger partial charge in [0.2, 0.25) is 6.04 Å². The second kappa shape index (κ2) is 5.56. The lowest BCUT2D eigenvalue weighted by Crippen LogP contribution is -2.35. The van der Waals surface area contributed by atoms with Crippen molar-refractivity contribution in [2.45, 2.75) is 13.0 Å². The first-order chi connectivity index (χ1) is 10.6. The van der Waals surface area contributed by atoms with Crippen LogP contribution in [-0.4, -0.2) is 30.6 Å². The third-order valence-electron chi connectivity index (χ3n) is 3.70. The lowest BCUT2D eigenvalue weighted by molar-refractivity contribution is -0.140. The number of ketones is 1. The van der Waals surface area contributed by atoms with E-state index in [1.807, 2.05) is 43.3 Å². The maximum absolute atomic E-state index is 12.4. The van der Waals surface area contributed by atoms with E-state index in [0.29, 0.717) is 11.3 Å². The number of hydrogen-bond acceptors (Lipinski definition) is 4. The van der Waals surface area contributed by atoms with Crippen molar-refractivity contribution in [3.8, 4) is 0 Å². The molecule has 4 nitrogen and oxygen atoms in total. The SMILES string of the molecule is COC(=O)C1N=C(c2ccc(C)cc2)c2ccccc2C1=O. The van der Waals surface area contributed by atoms with Crippen LogP contribution in [0.5, 0.6) is 0 Å². The fraction of sp³-hybridized carbons (Fsp3) is 0.167. The topological polar surface area (TPSA) is 55.7 Å². The molecule has 0 radical (unpaired) electrons. The molecule has 1 atom stereocenters. The van der Waals surface area contributed by atoms with Crippen LogP contribution in [0, 0.1) is 6.92 Å². The number of fused-ring (bicyclic) bond motifs is 1. The Kier molecular flexibility index (Phi) is 3.59. The predicted molar refractivity (Wildman–Crippen MR) is 83.4 cm³/mol. The van der Waals surface area contributed by atoms with Crippen LogP contribution in [0.1, 0.15) is 27.0 Å². The minimum atomic E-state index is -1.13. The molecule has 0 bridgehead atoms. The summed E-state index contributed by atoms with van der Waals surface area (Å²) in [5, 5.41) is 0. The number of ether oxygens (including phenoxy) is 1. The van der Waals surface area contributed by atoms with Gasteiger partial charge < -0.3 is 4.74 Å². The summed E-state index contributed by atoms with van der Waals surface area (Å²) in [6.07, 6.45) is 0. The van der Waals surface area contributed by atoms with Crippen molar-refractivity contribution >= 4 is 17.5 Å². The van der Waals surface area contributed by atoms with Crippen molar-refractivity contribution in [3.63, 3.8) is 0 Å². The van der Waals surface area contributed by atoms with Gasteiger partial charge in [-0.1, -0.05) is 54.1 Å². The third kappa shape index (κ3) is 2.33. The minimum Gasteiger partial charge on any atom is -0.467 e. The molecular formula is C18H15NO3. The van der Waals surface area contributed by atoms with Gasteiger partial charge >= 0.3 is 5.97 Å². The average Bonchev–Trinajstić information content (AvgIpc) is 2.56. The highest BCUT2D eigenvalue weighted by atomic mass is 16.5. The first kappa shape index (κ1) is 14.2.